The van der Waals surface area contributed by atoms with Crippen LogP contribution in [0.15, 0.2) is 35.4 Å². The minimum absolute atomic E-state index is 0.294. The van der Waals surface area contributed by atoms with Gasteiger partial charge in [-0.2, -0.15) is 0 Å². The van der Waals surface area contributed by atoms with Gasteiger partial charge >= 0.3 is 0 Å². The first kappa shape index (κ1) is 18.8. The van der Waals surface area contributed by atoms with Crippen LogP contribution >= 0.6 is 34.3 Å². The third-order valence-corrected chi connectivity index (χ3v) is 6.94. The molecule has 9 heteroatoms. The Hall–Kier alpha value is -2.55. The van der Waals surface area contributed by atoms with Crippen molar-refractivity contribution in [1.29, 1.82) is 0 Å². The molecule has 0 atom stereocenters. The summed E-state index contributed by atoms with van der Waals surface area (Å²) in [5.41, 5.74) is 4.64. The van der Waals surface area contributed by atoms with Crippen LogP contribution < -0.4 is 11.0 Å². The smallest absolute Gasteiger partial charge is 0.267 e. The summed E-state index contributed by atoms with van der Waals surface area (Å²) in [5, 5.41) is 1.82. The van der Waals surface area contributed by atoms with Crippen LogP contribution in [0, 0.1) is 20.8 Å². The fourth-order valence-corrected chi connectivity index (χ4v) is 4.96. The van der Waals surface area contributed by atoms with E-state index >= 15 is 0 Å². The first-order valence-corrected chi connectivity index (χ1v) is 10.4. The molecule has 0 spiro atoms. The zero-order chi connectivity index (χ0) is 20.0. The number of halogens is 1. The average Bonchev–Trinajstić information content (AvgIpc) is 3.18. The van der Waals surface area contributed by atoms with E-state index in [1.54, 1.807) is 19.1 Å². The zero-order valence-electron chi connectivity index (χ0n) is 15.2. The number of rotatable bonds is 3. The average molecular weight is 431 g/mol. The van der Waals surface area contributed by atoms with E-state index < -0.39 is 5.91 Å². The Morgan fingerprint density at radius 3 is 2.75 bits per heavy atom. The summed E-state index contributed by atoms with van der Waals surface area (Å²) in [7, 11) is 0. The highest BCUT2D eigenvalue weighted by Gasteiger charge is 2.19. The summed E-state index contributed by atoms with van der Waals surface area (Å²) < 4.78 is 1.13. The minimum Gasteiger partial charge on any atom is -0.267 e. The van der Waals surface area contributed by atoms with Gasteiger partial charge in [-0.1, -0.05) is 23.7 Å². The summed E-state index contributed by atoms with van der Waals surface area (Å²) >= 11 is 8.76. The third kappa shape index (κ3) is 3.23. The topological polar surface area (TPSA) is 76.9 Å². The molecule has 0 bridgehead atoms. The summed E-state index contributed by atoms with van der Waals surface area (Å²) in [6.07, 6.45) is 1.34. The van der Waals surface area contributed by atoms with Crippen molar-refractivity contribution in [1.82, 2.24) is 14.6 Å². The van der Waals surface area contributed by atoms with Gasteiger partial charge < -0.3 is 0 Å². The molecule has 0 saturated carbocycles. The molecule has 0 fully saturated rings. The molecule has 6 nitrogen and oxygen atoms in total. The number of aryl methyl sites for hydroxylation is 3. The second kappa shape index (κ2) is 7.12. The van der Waals surface area contributed by atoms with Crippen LogP contribution in [-0.4, -0.2) is 20.6 Å². The Morgan fingerprint density at radius 1 is 1.21 bits per heavy atom. The Morgan fingerprint density at radius 2 is 2.00 bits per heavy atom. The van der Waals surface area contributed by atoms with E-state index in [9.17, 15) is 9.59 Å². The number of fused-ring (bicyclic) bond motifs is 1. The van der Waals surface area contributed by atoms with Crippen molar-refractivity contribution in [2.75, 3.05) is 5.43 Å². The standard InChI is InChI=1S/C19H15ClN4O2S2/c1-9-11(3)27-18-14(9)19(26)24(8-21-18)23-16(25)15-10(2)22-17(28-15)12-5-4-6-13(20)7-12/h4-8H,1-3H3,(H,23,25). The number of carbonyl (C=O) groups excluding carboxylic acids is 1. The largest absolute Gasteiger partial charge is 0.282 e. The lowest BCUT2D eigenvalue weighted by atomic mass is 10.2. The SMILES string of the molecule is Cc1nc(-c2cccc(Cl)c2)sc1C(=O)Nn1cnc2sc(C)c(C)c2c1=O. The molecular weight excluding hydrogens is 416 g/mol. The quantitative estimate of drug-likeness (QED) is 0.517. The van der Waals surface area contributed by atoms with Crippen molar-refractivity contribution >= 4 is 50.4 Å². The number of nitrogens with one attached hydrogen (secondary N) is 1. The molecular formula is C19H15ClN4O2S2. The summed E-state index contributed by atoms with van der Waals surface area (Å²) in [5.74, 6) is -0.406. The molecule has 0 aliphatic rings. The molecule has 1 N–H and O–H groups in total. The Labute approximate surface area is 173 Å². The molecule has 142 valence electrons. The number of hydrogen-bond donors (Lipinski definition) is 1. The maximum absolute atomic E-state index is 12.8. The third-order valence-electron chi connectivity index (χ3n) is 4.39. The van der Waals surface area contributed by atoms with Crippen LogP contribution in [0.25, 0.3) is 20.8 Å². The molecule has 3 heterocycles. The van der Waals surface area contributed by atoms with Gasteiger partial charge in [-0.25, -0.2) is 14.6 Å². The molecule has 1 amide bonds. The lowest BCUT2D eigenvalue weighted by molar-refractivity contribution is 0.101. The van der Waals surface area contributed by atoms with Crippen molar-refractivity contribution in [3.05, 3.63) is 67.0 Å². The molecule has 1 aromatic carbocycles. The van der Waals surface area contributed by atoms with Crippen molar-refractivity contribution < 1.29 is 4.79 Å². The van der Waals surface area contributed by atoms with Gasteiger partial charge in [0.15, 0.2) is 0 Å². The molecule has 0 unspecified atom stereocenters. The fourth-order valence-electron chi connectivity index (χ4n) is 2.83. The number of thiophene rings is 1. The van der Waals surface area contributed by atoms with Crippen LogP contribution in [0.5, 0.6) is 0 Å². The normalized spacial score (nSPS) is 11.1. The lowest BCUT2D eigenvalue weighted by Crippen LogP contribution is -2.33. The highest BCUT2D eigenvalue weighted by Crippen LogP contribution is 2.29. The second-order valence-corrected chi connectivity index (χ2v) is 8.91. The van der Waals surface area contributed by atoms with Crippen LogP contribution in [0.4, 0.5) is 0 Å². The van der Waals surface area contributed by atoms with E-state index in [0.29, 0.717) is 30.8 Å². The van der Waals surface area contributed by atoms with Crippen LogP contribution in [0.1, 0.15) is 25.8 Å². The number of nitrogens with zero attached hydrogens (tertiary/aromatic N) is 3. The Kier molecular flexibility index (Phi) is 4.78. The lowest BCUT2D eigenvalue weighted by Gasteiger charge is -2.06. The maximum Gasteiger partial charge on any atom is 0.282 e. The van der Waals surface area contributed by atoms with E-state index in [2.05, 4.69) is 15.4 Å². The van der Waals surface area contributed by atoms with Crippen molar-refractivity contribution in [2.24, 2.45) is 0 Å². The molecule has 3 aromatic heterocycles. The molecule has 0 saturated heterocycles. The molecule has 28 heavy (non-hydrogen) atoms. The minimum atomic E-state index is -0.406. The summed E-state index contributed by atoms with van der Waals surface area (Å²) in [4.78, 5) is 36.4. The number of amides is 1. The molecule has 4 rings (SSSR count). The molecule has 0 aliphatic heterocycles. The fraction of sp³-hybridized carbons (Fsp3) is 0.158. The zero-order valence-corrected chi connectivity index (χ0v) is 17.6. The van der Waals surface area contributed by atoms with Gasteiger partial charge in [0, 0.05) is 15.5 Å². The van der Waals surface area contributed by atoms with Crippen molar-refractivity contribution in [3.8, 4) is 10.6 Å². The molecule has 0 aliphatic carbocycles. The van der Waals surface area contributed by atoms with Gasteiger partial charge in [-0.3, -0.25) is 15.0 Å². The van der Waals surface area contributed by atoms with Crippen molar-refractivity contribution in [3.63, 3.8) is 0 Å². The number of thiazole rings is 1. The number of benzene rings is 1. The second-order valence-electron chi connectivity index (χ2n) is 6.27. The van der Waals surface area contributed by atoms with E-state index in [0.717, 1.165) is 20.7 Å². The van der Waals surface area contributed by atoms with Crippen LogP contribution in [0.3, 0.4) is 0 Å². The Bertz CT molecular complexity index is 1290. The Balaban J connectivity index is 1.68. The highest BCUT2D eigenvalue weighted by molar-refractivity contribution is 7.18. The summed E-state index contributed by atoms with van der Waals surface area (Å²) in [6.45, 7) is 5.59. The summed E-state index contributed by atoms with van der Waals surface area (Å²) in [6, 6.07) is 7.30. The van der Waals surface area contributed by atoms with Gasteiger partial charge in [0.1, 0.15) is 21.0 Å². The monoisotopic (exact) mass is 430 g/mol. The number of aromatic nitrogens is 3. The van der Waals surface area contributed by atoms with Crippen LogP contribution in [-0.2, 0) is 0 Å². The number of carbonyl (C=O) groups is 1. The predicted octanol–water partition coefficient (Wildman–Crippen LogP) is 4.54. The first-order chi connectivity index (χ1) is 13.3. The highest BCUT2D eigenvalue weighted by atomic mass is 35.5. The molecule has 0 radical (unpaired) electrons. The molecule has 4 aromatic rings. The first-order valence-electron chi connectivity index (χ1n) is 8.37. The van der Waals surface area contributed by atoms with E-state index in [-0.39, 0.29) is 5.56 Å². The number of hydrogen-bond acceptors (Lipinski definition) is 6. The maximum atomic E-state index is 12.8. The van der Waals surface area contributed by atoms with Gasteiger partial charge in [0.2, 0.25) is 0 Å². The van der Waals surface area contributed by atoms with E-state index in [1.165, 1.54) is 29.0 Å². The van der Waals surface area contributed by atoms with Gasteiger partial charge in [-0.15, -0.1) is 22.7 Å². The van der Waals surface area contributed by atoms with Gasteiger partial charge in [0.05, 0.1) is 11.1 Å². The van der Waals surface area contributed by atoms with E-state index in [1.807, 2.05) is 26.0 Å². The van der Waals surface area contributed by atoms with Gasteiger partial charge in [0.25, 0.3) is 11.5 Å². The van der Waals surface area contributed by atoms with E-state index in [4.69, 9.17) is 11.6 Å². The van der Waals surface area contributed by atoms with Crippen molar-refractivity contribution in [2.45, 2.75) is 20.8 Å². The van der Waals surface area contributed by atoms with Crippen LogP contribution in [0.2, 0.25) is 5.02 Å². The predicted molar refractivity (Wildman–Crippen MR) is 114 cm³/mol. The van der Waals surface area contributed by atoms with Gasteiger partial charge in [-0.05, 0) is 38.5 Å².